The molecule has 1 aliphatic rings. The molecule has 2 aromatic rings. The van der Waals surface area contributed by atoms with Crippen LogP contribution in [-0.4, -0.2) is 19.3 Å². The molecule has 1 fully saturated rings. The topological polar surface area (TPSA) is 21.3 Å². The second-order valence-electron chi connectivity index (χ2n) is 5.13. The number of nitrogens with one attached hydrogen (secondary N) is 1. The number of ether oxygens (including phenoxy) is 1. The average Bonchev–Trinajstić information content (AvgIpc) is 3.05. The van der Waals surface area contributed by atoms with E-state index < -0.39 is 0 Å². The maximum absolute atomic E-state index is 6.45. The predicted octanol–water partition coefficient (Wildman–Crippen LogP) is 4.07. The Morgan fingerprint density at radius 3 is 3.05 bits per heavy atom. The van der Waals surface area contributed by atoms with Crippen LogP contribution in [0.2, 0.25) is 5.02 Å². The molecule has 1 N–H and O–H groups in total. The van der Waals surface area contributed by atoms with Gasteiger partial charge in [-0.25, -0.2) is 0 Å². The minimum absolute atomic E-state index is 0.476. The monoisotopic (exact) mass is 295 g/mol. The third-order valence-corrected chi connectivity index (χ3v) is 5.57. The van der Waals surface area contributed by atoms with Crippen LogP contribution < -0.4 is 5.32 Å². The third kappa shape index (κ3) is 2.79. The average molecular weight is 296 g/mol. The molecule has 2 atom stereocenters. The van der Waals surface area contributed by atoms with Gasteiger partial charge >= 0.3 is 0 Å². The fraction of sp³-hybridized carbons (Fsp3) is 0.467. The number of benzene rings is 1. The van der Waals surface area contributed by atoms with E-state index in [4.69, 9.17) is 16.3 Å². The fourth-order valence-electron chi connectivity index (χ4n) is 2.55. The lowest BCUT2D eigenvalue weighted by atomic mass is 10.0. The summed E-state index contributed by atoms with van der Waals surface area (Å²) in [5.74, 6) is 0.633. The zero-order chi connectivity index (χ0) is 13.2. The van der Waals surface area contributed by atoms with Gasteiger partial charge in [0.15, 0.2) is 0 Å². The molecule has 0 spiro atoms. The first-order chi connectivity index (χ1) is 9.25. The summed E-state index contributed by atoms with van der Waals surface area (Å²) >= 11 is 8.23. The van der Waals surface area contributed by atoms with Gasteiger partial charge in [-0.1, -0.05) is 29.8 Å². The van der Waals surface area contributed by atoms with E-state index in [0.717, 1.165) is 31.2 Å². The molecule has 0 amide bonds. The molecule has 2 unspecified atom stereocenters. The van der Waals surface area contributed by atoms with Crippen molar-refractivity contribution in [2.75, 3.05) is 13.2 Å². The number of hydrogen-bond acceptors (Lipinski definition) is 3. The first-order valence-corrected chi connectivity index (χ1v) is 7.92. The Morgan fingerprint density at radius 2 is 2.32 bits per heavy atom. The summed E-state index contributed by atoms with van der Waals surface area (Å²) in [6.07, 6.45) is 1.16. The van der Waals surface area contributed by atoms with Gasteiger partial charge in [0.25, 0.3) is 0 Å². The van der Waals surface area contributed by atoms with Crippen LogP contribution in [-0.2, 0) is 11.3 Å². The normalized spacial score (nSPS) is 21.1. The summed E-state index contributed by atoms with van der Waals surface area (Å²) in [5.41, 5.74) is 0. The summed E-state index contributed by atoms with van der Waals surface area (Å²) in [4.78, 5) is 1.23. The molecule has 1 saturated heterocycles. The van der Waals surface area contributed by atoms with Crippen molar-refractivity contribution in [3.05, 3.63) is 34.2 Å². The predicted molar refractivity (Wildman–Crippen MR) is 82.1 cm³/mol. The van der Waals surface area contributed by atoms with E-state index in [0.29, 0.717) is 12.0 Å². The van der Waals surface area contributed by atoms with E-state index >= 15 is 0 Å². The van der Waals surface area contributed by atoms with Crippen LogP contribution in [0.1, 0.15) is 18.2 Å². The van der Waals surface area contributed by atoms with Gasteiger partial charge in [0.1, 0.15) is 0 Å². The van der Waals surface area contributed by atoms with Crippen molar-refractivity contribution in [1.82, 2.24) is 5.32 Å². The molecule has 3 rings (SSSR count). The van der Waals surface area contributed by atoms with Gasteiger partial charge in [-0.3, -0.25) is 0 Å². The van der Waals surface area contributed by atoms with Crippen molar-refractivity contribution >= 4 is 33.0 Å². The molecule has 0 bridgehead atoms. The highest BCUT2D eigenvalue weighted by atomic mass is 35.5. The van der Waals surface area contributed by atoms with E-state index in [1.165, 1.54) is 15.0 Å². The maximum Gasteiger partial charge on any atom is 0.0636 e. The van der Waals surface area contributed by atoms with Crippen molar-refractivity contribution < 1.29 is 4.74 Å². The van der Waals surface area contributed by atoms with Crippen LogP contribution in [0.5, 0.6) is 0 Å². The van der Waals surface area contributed by atoms with Crippen LogP contribution in [0.3, 0.4) is 0 Å². The Kier molecular flexibility index (Phi) is 4.08. The zero-order valence-corrected chi connectivity index (χ0v) is 12.6. The van der Waals surface area contributed by atoms with Crippen molar-refractivity contribution in [2.45, 2.75) is 25.9 Å². The highest BCUT2D eigenvalue weighted by Gasteiger charge is 2.22. The number of hydrogen-bond donors (Lipinski definition) is 1. The number of fused-ring (bicyclic) bond motifs is 1. The van der Waals surface area contributed by atoms with Crippen molar-refractivity contribution in [3.63, 3.8) is 0 Å². The molecule has 1 aromatic carbocycles. The van der Waals surface area contributed by atoms with Crippen molar-refractivity contribution in [2.24, 2.45) is 5.92 Å². The molecule has 19 heavy (non-hydrogen) atoms. The highest BCUT2D eigenvalue weighted by Crippen LogP contribution is 2.35. The number of halogens is 1. The minimum atomic E-state index is 0.476. The van der Waals surface area contributed by atoms with E-state index in [1.807, 2.05) is 6.07 Å². The Bertz CT molecular complexity index is 562. The van der Waals surface area contributed by atoms with Crippen molar-refractivity contribution in [1.29, 1.82) is 0 Å². The SMILES string of the molecule is CC(NCc1sc2ccccc2c1Cl)C1CCOC1. The molecule has 0 radical (unpaired) electrons. The second-order valence-corrected chi connectivity index (χ2v) is 6.64. The molecule has 102 valence electrons. The molecular weight excluding hydrogens is 278 g/mol. The van der Waals surface area contributed by atoms with Gasteiger partial charge in [-0.15, -0.1) is 11.3 Å². The zero-order valence-electron chi connectivity index (χ0n) is 11.0. The summed E-state index contributed by atoms with van der Waals surface area (Å²) in [5, 5.41) is 5.66. The smallest absolute Gasteiger partial charge is 0.0636 e. The highest BCUT2D eigenvalue weighted by molar-refractivity contribution is 7.19. The van der Waals surface area contributed by atoms with Gasteiger partial charge in [0.2, 0.25) is 0 Å². The van der Waals surface area contributed by atoms with Crippen LogP contribution in [0.4, 0.5) is 0 Å². The molecule has 4 heteroatoms. The summed E-state index contributed by atoms with van der Waals surface area (Å²) in [7, 11) is 0. The standard InChI is InChI=1S/C15H18ClNOS/c1-10(11-6-7-18-9-11)17-8-14-15(16)12-4-2-3-5-13(12)19-14/h2-5,10-11,17H,6-9H2,1H3. The molecule has 1 aliphatic heterocycles. The Hall–Kier alpha value is -0.610. The third-order valence-electron chi connectivity index (χ3n) is 3.86. The van der Waals surface area contributed by atoms with Gasteiger partial charge in [0.05, 0.1) is 11.6 Å². The lowest BCUT2D eigenvalue weighted by Crippen LogP contribution is -2.33. The summed E-state index contributed by atoms with van der Waals surface area (Å²) in [6.45, 7) is 4.87. The second kappa shape index (κ2) is 5.80. The van der Waals surface area contributed by atoms with Crippen LogP contribution in [0.15, 0.2) is 24.3 Å². The summed E-state index contributed by atoms with van der Waals surface area (Å²) in [6, 6.07) is 8.79. The largest absolute Gasteiger partial charge is 0.381 e. The van der Waals surface area contributed by atoms with Crippen LogP contribution >= 0.6 is 22.9 Å². The quantitative estimate of drug-likeness (QED) is 0.918. The lowest BCUT2D eigenvalue weighted by Gasteiger charge is -2.18. The van der Waals surface area contributed by atoms with E-state index in [2.05, 4.69) is 30.4 Å². The summed E-state index contributed by atoms with van der Waals surface area (Å²) < 4.78 is 6.70. The van der Waals surface area contributed by atoms with E-state index in [9.17, 15) is 0 Å². The lowest BCUT2D eigenvalue weighted by molar-refractivity contribution is 0.178. The van der Waals surface area contributed by atoms with Gasteiger partial charge in [-0.05, 0) is 25.3 Å². The van der Waals surface area contributed by atoms with Crippen molar-refractivity contribution in [3.8, 4) is 0 Å². The number of rotatable bonds is 4. The Morgan fingerprint density at radius 1 is 1.47 bits per heavy atom. The van der Waals surface area contributed by atoms with Crippen LogP contribution in [0, 0.1) is 5.92 Å². The fourth-order valence-corrected chi connectivity index (χ4v) is 4.00. The Labute approximate surface area is 122 Å². The van der Waals surface area contributed by atoms with E-state index in [-0.39, 0.29) is 0 Å². The first-order valence-electron chi connectivity index (χ1n) is 6.72. The van der Waals surface area contributed by atoms with Crippen LogP contribution in [0.25, 0.3) is 10.1 Å². The molecule has 2 nitrogen and oxygen atoms in total. The molecule has 1 aromatic heterocycles. The maximum atomic E-state index is 6.45. The van der Waals surface area contributed by atoms with Gasteiger partial charge in [0, 0.05) is 34.2 Å². The minimum Gasteiger partial charge on any atom is -0.381 e. The molecular formula is C15H18ClNOS. The number of thiophene rings is 1. The Balaban J connectivity index is 1.69. The molecule has 0 aliphatic carbocycles. The first kappa shape index (κ1) is 13.4. The molecule has 2 heterocycles. The molecule has 0 saturated carbocycles. The van der Waals surface area contributed by atoms with E-state index in [1.54, 1.807) is 11.3 Å². The van der Waals surface area contributed by atoms with Gasteiger partial charge < -0.3 is 10.1 Å². The van der Waals surface area contributed by atoms with Gasteiger partial charge in [-0.2, -0.15) is 0 Å².